The van der Waals surface area contributed by atoms with Crippen molar-refractivity contribution in [2.45, 2.75) is 64.7 Å². The second kappa shape index (κ2) is 11.8. The second-order valence-electron chi connectivity index (χ2n) is 17.8. The summed E-state index contributed by atoms with van der Waals surface area (Å²) in [6, 6.07) is 59.7. The van der Waals surface area contributed by atoms with Crippen LogP contribution in [-0.2, 0) is 16.2 Å². The molecular weight excluding hydrogens is 663 g/mol. The van der Waals surface area contributed by atoms with E-state index < -0.39 is 0 Å². The van der Waals surface area contributed by atoms with Gasteiger partial charge in [0.15, 0.2) is 0 Å². The maximum atomic E-state index is 2.51. The van der Waals surface area contributed by atoms with E-state index in [2.05, 4.69) is 211 Å². The molecule has 0 amide bonds. The minimum absolute atomic E-state index is 0.0501. The van der Waals surface area contributed by atoms with Gasteiger partial charge in [-0.05, 0) is 119 Å². The van der Waals surface area contributed by atoms with Crippen LogP contribution < -0.4 is 4.90 Å². The Morgan fingerprint density at radius 1 is 0.418 bits per heavy atom. The Bertz CT molecular complexity index is 2840. The molecule has 2 aliphatic rings. The monoisotopic (exact) mass is 709 g/mol. The van der Waals surface area contributed by atoms with Gasteiger partial charge in [0.2, 0.25) is 0 Å². The van der Waals surface area contributed by atoms with Crippen LogP contribution in [-0.4, -0.2) is 0 Å². The standard InChI is InChI=1S/C54H47N/c1-52(2,3)37-23-25-38(26-24-37)55(39-27-30-47-44(33-39)51-41-17-11-9-14-34(41)20-29-48(51)54(47,6)7)49-31-22-35-15-8-10-16-40(35)50(49)36-21-28-46-43(32-36)42-18-12-13-19-45(42)53(46,4)5/h8-33H,1-7H3. The zero-order chi connectivity index (χ0) is 37.9. The van der Waals surface area contributed by atoms with Crippen LogP contribution in [0.25, 0.3) is 54.9 Å². The van der Waals surface area contributed by atoms with Crippen molar-refractivity contribution in [3.63, 3.8) is 0 Å². The molecule has 55 heavy (non-hydrogen) atoms. The summed E-state index contributed by atoms with van der Waals surface area (Å²) < 4.78 is 0. The van der Waals surface area contributed by atoms with E-state index in [-0.39, 0.29) is 16.2 Å². The van der Waals surface area contributed by atoms with Crippen LogP contribution in [0.4, 0.5) is 17.1 Å². The maximum Gasteiger partial charge on any atom is 0.0546 e. The molecule has 8 aromatic carbocycles. The molecule has 268 valence electrons. The van der Waals surface area contributed by atoms with Crippen LogP contribution in [0.2, 0.25) is 0 Å². The molecule has 0 bridgehead atoms. The summed E-state index contributed by atoms with van der Waals surface area (Å²) in [6.45, 7) is 16.4. The third-order valence-electron chi connectivity index (χ3n) is 12.8. The second-order valence-corrected chi connectivity index (χ2v) is 17.8. The summed E-state index contributed by atoms with van der Waals surface area (Å²) in [5, 5.41) is 5.09. The first-order valence-electron chi connectivity index (χ1n) is 19.8. The van der Waals surface area contributed by atoms with Gasteiger partial charge in [-0.25, -0.2) is 0 Å². The Morgan fingerprint density at radius 3 is 1.69 bits per heavy atom. The van der Waals surface area contributed by atoms with Gasteiger partial charge in [0.1, 0.15) is 0 Å². The quantitative estimate of drug-likeness (QED) is 0.176. The van der Waals surface area contributed by atoms with Crippen LogP contribution in [0.3, 0.4) is 0 Å². The molecule has 0 aliphatic heterocycles. The molecule has 0 unspecified atom stereocenters. The lowest BCUT2D eigenvalue weighted by Crippen LogP contribution is -2.16. The van der Waals surface area contributed by atoms with Crippen LogP contribution in [0.5, 0.6) is 0 Å². The highest BCUT2D eigenvalue weighted by Crippen LogP contribution is 2.55. The Labute approximate surface area is 325 Å². The molecule has 10 rings (SSSR count). The van der Waals surface area contributed by atoms with Gasteiger partial charge in [0, 0.05) is 27.8 Å². The fourth-order valence-corrected chi connectivity index (χ4v) is 9.81. The number of nitrogens with zero attached hydrogens (tertiary/aromatic N) is 1. The van der Waals surface area contributed by atoms with Crippen molar-refractivity contribution in [1.82, 2.24) is 0 Å². The van der Waals surface area contributed by atoms with Crippen molar-refractivity contribution in [2.24, 2.45) is 0 Å². The largest absolute Gasteiger partial charge is 0.310 e. The Hall–Kier alpha value is -5.92. The van der Waals surface area contributed by atoms with Crippen molar-refractivity contribution < 1.29 is 0 Å². The smallest absolute Gasteiger partial charge is 0.0546 e. The topological polar surface area (TPSA) is 3.24 Å². The van der Waals surface area contributed by atoms with Crippen molar-refractivity contribution in [3.05, 3.63) is 186 Å². The van der Waals surface area contributed by atoms with Crippen molar-refractivity contribution in [3.8, 4) is 33.4 Å². The van der Waals surface area contributed by atoms with Gasteiger partial charge in [0.05, 0.1) is 5.69 Å². The van der Waals surface area contributed by atoms with E-state index in [9.17, 15) is 0 Å². The first-order chi connectivity index (χ1) is 26.4. The average Bonchev–Trinajstić information content (AvgIpc) is 3.56. The van der Waals surface area contributed by atoms with Crippen LogP contribution >= 0.6 is 0 Å². The number of hydrogen-bond acceptors (Lipinski definition) is 1. The number of benzene rings is 8. The van der Waals surface area contributed by atoms with Gasteiger partial charge in [-0.1, -0.05) is 170 Å². The summed E-state index contributed by atoms with van der Waals surface area (Å²) in [5.74, 6) is 0. The first kappa shape index (κ1) is 33.6. The number of fused-ring (bicyclic) bond motifs is 9. The summed E-state index contributed by atoms with van der Waals surface area (Å²) in [6.07, 6.45) is 0. The Kier molecular flexibility index (Phi) is 7.21. The molecule has 2 aliphatic carbocycles. The molecule has 0 saturated heterocycles. The SMILES string of the molecule is CC(C)(C)c1ccc(N(c2ccc3c(c2)-c2c(ccc4ccccc24)C3(C)C)c2ccc3ccccc3c2-c2ccc3c(c2)-c2ccccc2C3(C)C)cc1. The van der Waals surface area contributed by atoms with Crippen LogP contribution in [0, 0.1) is 0 Å². The Balaban J connectivity index is 1.25. The van der Waals surface area contributed by atoms with Crippen molar-refractivity contribution in [2.75, 3.05) is 4.90 Å². The molecule has 0 radical (unpaired) electrons. The molecule has 8 aromatic rings. The maximum absolute atomic E-state index is 2.51. The molecule has 0 N–H and O–H groups in total. The highest BCUT2D eigenvalue weighted by molar-refractivity contribution is 6.07. The predicted molar refractivity (Wildman–Crippen MR) is 235 cm³/mol. The Morgan fingerprint density at radius 2 is 0.964 bits per heavy atom. The van der Waals surface area contributed by atoms with Crippen molar-refractivity contribution >= 4 is 38.6 Å². The zero-order valence-electron chi connectivity index (χ0n) is 33.0. The summed E-state index contributed by atoms with van der Waals surface area (Å²) in [4.78, 5) is 2.51. The van der Waals surface area contributed by atoms with Crippen LogP contribution in [0.15, 0.2) is 158 Å². The molecule has 1 heteroatoms. The average molecular weight is 710 g/mol. The normalized spacial score (nSPS) is 14.7. The summed E-state index contributed by atoms with van der Waals surface area (Å²) >= 11 is 0. The lowest BCUT2D eigenvalue weighted by Gasteiger charge is -2.30. The highest BCUT2D eigenvalue weighted by atomic mass is 15.1. The van der Waals surface area contributed by atoms with Gasteiger partial charge in [0.25, 0.3) is 0 Å². The third kappa shape index (κ3) is 4.99. The lowest BCUT2D eigenvalue weighted by molar-refractivity contribution is 0.590. The third-order valence-corrected chi connectivity index (χ3v) is 12.8. The van der Waals surface area contributed by atoms with Crippen molar-refractivity contribution in [1.29, 1.82) is 0 Å². The van der Waals surface area contributed by atoms with E-state index in [1.165, 1.54) is 88.4 Å². The number of hydrogen-bond donors (Lipinski definition) is 0. The van der Waals surface area contributed by atoms with Gasteiger partial charge in [-0.2, -0.15) is 0 Å². The minimum atomic E-state index is -0.102. The highest BCUT2D eigenvalue weighted by Gasteiger charge is 2.38. The van der Waals surface area contributed by atoms with Gasteiger partial charge in [-0.3, -0.25) is 0 Å². The molecule has 0 spiro atoms. The molecule has 0 atom stereocenters. The summed E-state index contributed by atoms with van der Waals surface area (Å²) in [7, 11) is 0. The van der Waals surface area contributed by atoms with Crippen LogP contribution in [0.1, 0.15) is 76.3 Å². The lowest BCUT2D eigenvalue weighted by atomic mass is 9.82. The molecule has 1 nitrogen and oxygen atoms in total. The molecule has 0 saturated carbocycles. The van der Waals surface area contributed by atoms with E-state index in [0.717, 1.165) is 11.4 Å². The van der Waals surface area contributed by atoms with E-state index in [0.29, 0.717) is 0 Å². The van der Waals surface area contributed by atoms with Gasteiger partial charge >= 0.3 is 0 Å². The predicted octanol–water partition coefficient (Wildman–Crippen LogP) is 15.0. The van der Waals surface area contributed by atoms with E-state index >= 15 is 0 Å². The number of anilines is 3. The number of rotatable bonds is 4. The fraction of sp³-hybridized carbons (Fsp3) is 0.185. The van der Waals surface area contributed by atoms with Gasteiger partial charge < -0.3 is 4.90 Å². The summed E-state index contributed by atoms with van der Waals surface area (Å²) in [5.41, 5.74) is 18.1. The molecule has 0 heterocycles. The molecular formula is C54H47N. The van der Waals surface area contributed by atoms with E-state index in [1.807, 2.05) is 0 Å². The zero-order valence-corrected chi connectivity index (χ0v) is 33.0. The first-order valence-corrected chi connectivity index (χ1v) is 19.8. The van der Waals surface area contributed by atoms with E-state index in [4.69, 9.17) is 0 Å². The van der Waals surface area contributed by atoms with Gasteiger partial charge in [-0.15, -0.1) is 0 Å². The minimum Gasteiger partial charge on any atom is -0.310 e. The molecule has 0 aromatic heterocycles. The molecule has 0 fully saturated rings. The fourth-order valence-electron chi connectivity index (χ4n) is 9.81. The van der Waals surface area contributed by atoms with E-state index in [1.54, 1.807) is 0 Å².